The van der Waals surface area contributed by atoms with E-state index in [1.807, 2.05) is 0 Å². The summed E-state index contributed by atoms with van der Waals surface area (Å²) in [4.78, 5) is 0. The third-order valence-corrected chi connectivity index (χ3v) is 3.59. The number of nitrogens with zero attached hydrogens (tertiary/aromatic N) is 1. The second-order valence-corrected chi connectivity index (χ2v) is 5.91. The Hall–Kier alpha value is -1.51. The van der Waals surface area contributed by atoms with Crippen LogP contribution in [0.25, 0.3) is 0 Å². The number of rotatable bonds is 5. The van der Waals surface area contributed by atoms with Gasteiger partial charge in [0, 0.05) is 11.6 Å². The van der Waals surface area contributed by atoms with Gasteiger partial charge in [0.15, 0.2) is 5.84 Å². The van der Waals surface area contributed by atoms with Gasteiger partial charge < -0.3 is 10.9 Å². The van der Waals surface area contributed by atoms with E-state index in [0.29, 0.717) is 5.56 Å². The van der Waals surface area contributed by atoms with Crippen molar-refractivity contribution >= 4 is 33.3 Å². The highest BCUT2D eigenvalue weighted by atomic mass is 35.5. The maximum Gasteiger partial charge on any atom is 0.299 e. The average molecular weight is 307 g/mol. The molecule has 0 unspecified atom stereocenters. The molecule has 0 amide bonds. The second-order valence-electron chi connectivity index (χ2n) is 4.06. The summed E-state index contributed by atoms with van der Waals surface area (Å²) in [6, 6.07) is 4.06. The maximum absolute atomic E-state index is 11.7. The van der Waals surface area contributed by atoms with Crippen LogP contribution in [0.4, 0.5) is 5.69 Å². The average Bonchev–Trinajstić information content (AvgIpc) is 2.28. The Morgan fingerprint density at radius 3 is 2.58 bits per heavy atom. The minimum absolute atomic E-state index is 0.114. The van der Waals surface area contributed by atoms with Crippen molar-refractivity contribution in [2.75, 3.05) is 4.72 Å². The Morgan fingerprint density at radius 1 is 1.47 bits per heavy atom. The third-order valence-electron chi connectivity index (χ3n) is 2.01. The van der Waals surface area contributed by atoms with Crippen molar-refractivity contribution in [1.82, 2.24) is 4.72 Å². The number of nitrogens with two attached hydrogens (primary N) is 1. The molecule has 0 aliphatic rings. The van der Waals surface area contributed by atoms with Crippen LogP contribution in [0.15, 0.2) is 23.4 Å². The molecule has 1 aromatic rings. The van der Waals surface area contributed by atoms with Crippen molar-refractivity contribution < 1.29 is 13.6 Å². The fourth-order valence-corrected chi connectivity index (χ4v) is 2.73. The van der Waals surface area contributed by atoms with Crippen molar-refractivity contribution in [3.05, 3.63) is 28.8 Å². The molecule has 0 atom stereocenters. The number of hydrogen-bond acceptors (Lipinski definition) is 4. The summed E-state index contributed by atoms with van der Waals surface area (Å²) in [6.07, 6.45) is 0. The van der Waals surface area contributed by atoms with E-state index >= 15 is 0 Å². The van der Waals surface area contributed by atoms with Crippen LogP contribution in [0.2, 0.25) is 5.02 Å². The molecule has 1 aromatic carbocycles. The molecular formula is C10H15ClN4O3S. The van der Waals surface area contributed by atoms with Crippen molar-refractivity contribution in [2.24, 2.45) is 10.9 Å². The molecule has 0 radical (unpaired) electrons. The molecule has 7 nitrogen and oxygen atoms in total. The first-order valence-electron chi connectivity index (χ1n) is 5.32. The van der Waals surface area contributed by atoms with Gasteiger partial charge in [-0.05, 0) is 32.0 Å². The zero-order chi connectivity index (χ0) is 14.6. The van der Waals surface area contributed by atoms with Crippen molar-refractivity contribution in [3.8, 4) is 0 Å². The van der Waals surface area contributed by atoms with Gasteiger partial charge in [-0.1, -0.05) is 16.8 Å². The van der Waals surface area contributed by atoms with E-state index in [1.165, 1.54) is 18.2 Å². The number of amidine groups is 1. The molecule has 9 heteroatoms. The van der Waals surface area contributed by atoms with E-state index in [1.54, 1.807) is 13.8 Å². The Labute approximate surface area is 116 Å². The van der Waals surface area contributed by atoms with Crippen LogP contribution in [0.1, 0.15) is 19.4 Å². The maximum atomic E-state index is 11.7. The largest absolute Gasteiger partial charge is 0.409 e. The van der Waals surface area contributed by atoms with Crippen LogP contribution in [0.5, 0.6) is 0 Å². The number of oxime groups is 1. The first kappa shape index (κ1) is 15.5. The van der Waals surface area contributed by atoms with Crippen LogP contribution in [-0.2, 0) is 10.2 Å². The quantitative estimate of drug-likeness (QED) is 0.282. The summed E-state index contributed by atoms with van der Waals surface area (Å²) in [5.41, 5.74) is 5.98. The SMILES string of the molecule is CC(C)NS(=O)(=O)Nc1ccc(/C(N)=N/O)cc1Cl. The zero-order valence-electron chi connectivity index (χ0n) is 10.4. The molecule has 0 saturated carbocycles. The fraction of sp³-hybridized carbons (Fsp3) is 0.300. The van der Waals surface area contributed by atoms with Crippen molar-refractivity contribution in [3.63, 3.8) is 0 Å². The van der Waals surface area contributed by atoms with Gasteiger partial charge in [0.2, 0.25) is 0 Å². The Morgan fingerprint density at radius 2 is 2.11 bits per heavy atom. The molecule has 0 saturated heterocycles. The number of hydrogen-bond donors (Lipinski definition) is 4. The predicted octanol–water partition coefficient (Wildman–Crippen LogP) is 1.09. The molecule has 0 fully saturated rings. The second kappa shape index (κ2) is 6.09. The number of anilines is 1. The highest BCUT2D eigenvalue weighted by Crippen LogP contribution is 2.23. The van der Waals surface area contributed by atoms with Crippen LogP contribution < -0.4 is 15.2 Å². The molecule has 0 aliphatic carbocycles. The standard InChI is InChI=1S/C10H15ClN4O3S/c1-6(2)14-19(17,18)15-9-4-3-7(5-8(9)11)10(12)13-16/h3-6,14-16H,1-2H3,(H2,12,13). The lowest BCUT2D eigenvalue weighted by Crippen LogP contribution is -2.35. The van der Waals surface area contributed by atoms with E-state index in [-0.39, 0.29) is 22.6 Å². The number of nitrogens with one attached hydrogen (secondary N) is 2. The van der Waals surface area contributed by atoms with Crippen LogP contribution in [-0.4, -0.2) is 25.5 Å². The van der Waals surface area contributed by atoms with Gasteiger partial charge in [-0.25, -0.2) is 0 Å². The van der Waals surface area contributed by atoms with Gasteiger partial charge in [-0.2, -0.15) is 13.1 Å². The Balaban J connectivity index is 2.99. The number of halogens is 1. The van der Waals surface area contributed by atoms with Gasteiger partial charge >= 0.3 is 0 Å². The molecule has 106 valence electrons. The highest BCUT2D eigenvalue weighted by molar-refractivity contribution is 7.90. The highest BCUT2D eigenvalue weighted by Gasteiger charge is 2.14. The van der Waals surface area contributed by atoms with Gasteiger partial charge in [0.1, 0.15) is 0 Å². The van der Waals surface area contributed by atoms with Gasteiger partial charge in [-0.3, -0.25) is 4.72 Å². The summed E-state index contributed by atoms with van der Waals surface area (Å²) in [7, 11) is -3.69. The summed E-state index contributed by atoms with van der Waals surface area (Å²) in [6.45, 7) is 3.39. The topological polar surface area (TPSA) is 117 Å². The normalized spacial score (nSPS) is 12.7. The molecule has 0 bridgehead atoms. The lowest BCUT2D eigenvalue weighted by molar-refractivity contribution is 0.318. The van der Waals surface area contributed by atoms with Crippen LogP contribution in [0, 0.1) is 0 Å². The van der Waals surface area contributed by atoms with E-state index in [2.05, 4.69) is 14.6 Å². The molecule has 0 aliphatic heterocycles. The molecule has 0 aromatic heterocycles. The van der Waals surface area contributed by atoms with Gasteiger partial charge in [-0.15, -0.1) is 0 Å². The molecule has 0 spiro atoms. The molecule has 1 rings (SSSR count). The van der Waals surface area contributed by atoms with E-state index in [0.717, 1.165) is 0 Å². The summed E-state index contributed by atoms with van der Waals surface area (Å²) in [5.74, 6) is -0.114. The first-order chi connectivity index (χ1) is 8.75. The van der Waals surface area contributed by atoms with E-state index in [4.69, 9.17) is 22.5 Å². The van der Waals surface area contributed by atoms with Crippen molar-refractivity contribution in [1.29, 1.82) is 0 Å². The predicted molar refractivity (Wildman–Crippen MR) is 74.8 cm³/mol. The smallest absolute Gasteiger partial charge is 0.299 e. The summed E-state index contributed by atoms with van der Waals surface area (Å²) < 4.78 is 28.0. The first-order valence-corrected chi connectivity index (χ1v) is 7.19. The fourth-order valence-electron chi connectivity index (χ4n) is 1.30. The van der Waals surface area contributed by atoms with Crippen molar-refractivity contribution in [2.45, 2.75) is 19.9 Å². The van der Waals surface area contributed by atoms with E-state index in [9.17, 15) is 8.42 Å². The third kappa shape index (κ3) is 4.58. The lowest BCUT2D eigenvalue weighted by atomic mass is 10.2. The monoisotopic (exact) mass is 306 g/mol. The summed E-state index contributed by atoms with van der Waals surface area (Å²) in [5, 5.41) is 11.5. The van der Waals surface area contributed by atoms with E-state index < -0.39 is 10.2 Å². The van der Waals surface area contributed by atoms with Crippen LogP contribution >= 0.6 is 11.6 Å². The van der Waals surface area contributed by atoms with Crippen LogP contribution in [0.3, 0.4) is 0 Å². The Kier molecular flexibility index (Phi) is 4.98. The molecule has 19 heavy (non-hydrogen) atoms. The number of benzene rings is 1. The Bertz CT molecular complexity index is 586. The summed E-state index contributed by atoms with van der Waals surface area (Å²) >= 11 is 5.93. The minimum Gasteiger partial charge on any atom is -0.409 e. The molecule has 0 heterocycles. The van der Waals surface area contributed by atoms with Gasteiger partial charge in [0.25, 0.3) is 10.2 Å². The molecular weight excluding hydrogens is 292 g/mol. The lowest BCUT2D eigenvalue weighted by Gasteiger charge is -2.13. The van der Waals surface area contributed by atoms with Gasteiger partial charge in [0.05, 0.1) is 10.7 Å². The molecule has 5 N–H and O–H groups in total. The minimum atomic E-state index is -3.69. The zero-order valence-corrected chi connectivity index (χ0v) is 12.0.